The van der Waals surface area contributed by atoms with Crippen LogP contribution in [0.1, 0.15) is 112 Å². The topological polar surface area (TPSA) is 173 Å². The number of likely N-dealkylation sites (N-methyl/N-ethyl adjacent to an activating group) is 1. The highest BCUT2D eigenvalue weighted by Gasteiger charge is 2.42. The summed E-state index contributed by atoms with van der Waals surface area (Å²) in [6.07, 6.45) is 2.95. The van der Waals surface area contributed by atoms with Crippen LogP contribution in [0.3, 0.4) is 0 Å². The number of esters is 1. The van der Waals surface area contributed by atoms with E-state index in [4.69, 9.17) is 19.9 Å². The molecule has 1 aliphatic rings. The molecule has 3 rings (SSSR count). The van der Waals surface area contributed by atoms with Crippen LogP contribution in [0, 0.1) is 17.8 Å². The van der Waals surface area contributed by atoms with Gasteiger partial charge in [-0.15, -0.1) is 0 Å². The molecule has 1 fully saturated rings. The van der Waals surface area contributed by atoms with Crippen LogP contribution in [0.25, 0.3) is 0 Å². The number of hydrogen-bond donors (Lipinski definition) is 3. The second-order valence-corrected chi connectivity index (χ2v) is 16.8. The van der Waals surface area contributed by atoms with Crippen LogP contribution in [-0.4, -0.2) is 130 Å². The molecule has 4 N–H and O–H groups in total. The van der Waals surface area contributed by atoms with Crippen molar-refractivity contribution in [1.29, 1.82) is 0 Å². The Morgan fingerprint density at radius 1 is 0.906 bits per heavy atom. The number of amides is 4. The van der Waals surface area contributed by atoms with E-state index in [0.717, 1.165) is 30.6 Å². The first-order valence-electron chi connectivity index (χ1n) is 23.2. The number of carbonyl (C=O) groups is 5. The highest BCUT2D eigenvalue weighted by molar-refractivity contribution is 5.86. The molecule has 0 saturated carbocycles. The summed E-state index contributed by atoms with van der Waals surface area (Å²) in [7, 11) is 8.14. The first-order valence-corrected chi connectivity index (χ1v) is 23.2. The minimum Gasteiger partial charge on any atom is -0.467 e. The summed E-state index contributed by atoms with van der Waals surface area (Å²) in [5, 5.41) is 5.23. The molecule has 0 aromatic heterocycles. The van der Waals surface area contributed by atoms with Gasteiger partial charge >= 0.3 is 5.97 Å². The van der Waals surface area contributed by atoms with Gasteiger partial charge in [0, 0.05) is 52.5 Å². The third kappa shape index (κ3) is 20.1. The van der Waals surface area contributed by atoms with Crippen molar-refractivity contribution in [3.05, 3.63) is 65.7 Å². The maximum Gasteiger partial charge on any atom is 0.328 e. The monoisotopic (exact) mass is 899 g/mol. The maximum atomic E-state index is 13.8. The predicted octanol–water partition coefficient (Wildman–Crippen LogP) is 6.74. The zero-order valence-corrected chi connectivity index (χ0v) is 42.0. The van der Waals surface area contributed by atoms with Crippen molar-refractivity contribution in [2.75, 3.05) is 54.2 Å². The molecule has 1 heterocycles. The Morgan fingerprint density at radius 2 is 1.52 bits per heavy atom. The summed E-state index contributed by atoms with van der Waals surface area (Å²) in [5.41, 5.74) is 8.76. The van der Waals surface area contributed by atoms with E-state index in [1.54, 1.807) is 23.8 Å². The molecule has 1 aliphatic heterocycles. The average Bonchev–Trinajstić information content (AvgIpc) is 3.78. The number of benzene rings is 2. The smallest absolute Gasteiger partial charge is 0.328 e. The fraction of sp³-hybridized carbons (Fsp3) is 0.660. The molecule has 0 radical (unpaired) electrons. The van der Waals surface area contributed by atoms with E-state index in [1.807, 2.05) is 76.2 Å². The summed E-state index contributed by atoms with van der Waals surface area (Å²) < 4.78 is 16.6. The average molecular weight is 899 g/mol. The number of nitrogens with one attached hydrogen (secondary N) is 2. The van der Waals surface area contributed by atoms with E-state index in [2.05, 4.69) is 63.3 Å². The van der Waals surface area contributed by atoms with Crippen molar-refractivity contribution in [3.63, 3.8) is 0 Å². The fourth-order valence-electron chi connectivity index (χ4n) is 7.70. The second kappa shape index (κ2) is 33.0. The van der Waals surface area contributed by atoms with Crippen LogP contribution in [-0.2, 0) is 51.1 Å². The Bertz CT molecular complexity index is 1610. The number of nitrogens with two attached hydrogens (primary N) is 1. The lowest BCUT2D eigenvalue weighted by molar-refractivity contribution is -0.148. The molecule has 64 heavy (non-hydrogen) atoms. The van der Waals surface area contributed by atoms with E-state index >= 15 is 0 Å². The quantitative estimate of drug-likeness (QED) is 0.0653. The standard InChI is InChI=1S/C32H50N4O8.C13H22N2.C3H8.C2H6/c1-8-21(2)29(35(4)28(39)19-33-20-37)26(42-5)18-27(38)36-16-12-15-25(36)30(43-6)22(3)31(40)34-24(32(41)44-7)17-23-13-10-9-11-14-23;1-10(2)11(3)15(4)9-12-6-5-7-13(14)8-12;1-3-2;1-2/h9-11,13-14,20-22,24-26,29-30H,8,12,15-19H2,1-7H3,(H,33,37)(H,34,40);5-8,10-11H,9,14H2,1-4H3;3H2,1-2H3;1-2H3. The van der Waals surface area contributed by atoms with E-state index in [1.165, 1.54) is 33.3 Å². The van der Waals surface area contributed by atoms with Crippen molar-refractivity contribution in [1.82, 2.24) is 25.3 Å². The summed E-state index contributed by atoms with van der Waals surface area (Å²) in [6.45, 7) is 22.1. The van der Waals surface area contributed by atoms with Gasteiger partial charge in [0.25, 0.3) is 0 Å². The van der Waals surface area contributed by atoms with Gasteiger partial charge in [0.05, 0.1) is 50.3 Å². The molecule has 14 heteroatoms. The molecule has 0 spiro atoms. The van der Waals surface area contributed by atoms with Gasteiger partial charge in [-0.05, 0) is 61.9 Å². The minimum atomic E-state index is -0.877. The van der Waals surface area contributed by atoms with Gasteiger partial charge in [-0.2, -0.15) is 0 Å². The third-order valence-corrected chi connectivity index (χ3v) is 11.8. The predicted molar refractivity (Wildman–Crippen MR) is 258 cm³/mol. The van der Waals surface area contributed by atoms with Crippen LogP contribution < -0.4 is 16.4 Å². The molecule has 8 unspecified atom stereocenters. The number of nitrogens with zero attached hydrogens (tertiary/aromatic N) is 3. The van der Waals surface area contributed by atoms with Crippen molar-refractivity contribution in [2.24, 2.45) is 17.8 Å². The molecule has 8 atom stereocenters. The lowest BCUT2D eigenvalue weighted by Gasteiger charge is -2.39. The molecule has 0 aliphatic carbocycles. The normalized spacial score (nSPS) is 16.4. The first kappa shape index (κ1) is 59.5. The number of likely N-dealkylation sites (tertiary alicyclic amines) is 1. The number of rotatable bonds is 22. The van der Waals surface area contributed by atoms with Crippen LogP contribution in [0.5, 0.6) is 0 Å². The third-order valence-electron chi connectivity index (χ3n) is 11.8. The molecule has 1 saturated heterocycles. The van der Waals surface area contributed by atoms with Gasteiger partial charge in [-0.3, -0.25) is 24.1 Å². The maximum absolute atomic E-state index is 13.8. The van der Waals surface area contributed by atoms with Gasteiger partial charge in [0.1, 0.15) is 6.04 Å². The molecular weight excluding hydrogens is 813 g/mol. The molecule has 2 aromatic carbocycles. The number of nitrogen functional groups attached to an aromatic ring is 1. The van der Waals surface area contributed by atoms with Gasteiger partial charge < -0.3 is 40.4 Å². The van der Waals surface area contributed by atoms with E-state index in [9.17, 15) is 24.0 Å². The highest BCUT2D eigenvalue weighted by Crippen LogP contribution is 2.29. The number of hydrogen-bond acceptors (Lipinski definition) is 10. The zero-order valence-electron chi connectivity index (χ0n) is 42.0. The Kier molecular flexibility index (Phi) is 30.7. The molecular formula is C50H86N6O8. The first-order chi connectivity index (χ1) is 30.5. The van der Waals surface area contributed by atoms with E-state index in [0.29, 0.717) is 31.3 Å². The van der Waals surface area contributed by atoms with Gasteiger partial charge in [-0.1, -0.05) is 118 Å². The SMILES string of the molecule is CC.CC(C)C(C)N(C)Cc1cccc(N)c1.CCC.CCC(C)C(C(CC(=O)N1CCCC1C(OC)C(C)C(=O)NC(Cc1ccccc1)C(=O)OC)OC)N(C)C(=O)CNC=O. The number of anilines is 1. The van der Waals surface area contributed by atoms with Gasteiger partial charge in [-0.25, -0.2) is 4.79 Å². The van der Waals surface area contributed by atoms with Crippen molar-refractivity contribution in [2.45, 2.75) is 151 Å². The van der Waals surface area contributed by atoms with Crippen LogP contribution in [0.4, 0.5) is 5.69 Å². The molecule has 4 amide bonds. The Balaban J connectivity index is 0.00000164. The van der Waals surface area contributed by atoms with Crippen LogP contribution in [0.15, 0.2) is 54.6 Å². The molecule has 364 valence electrons. The molecule has 14 nitrogen and oxygen atoms in total. The fourth-order valence-corrected chi connectivity index (χ4v) is 7.70. The Morgan fingerprint density at radius 3 is 2.03 bits per heavy atom. The van der Waals surface area contributed by atoms with Crippen molar-refractivity contribution in [3.8, 4) is 0 Å². The Hall–Kier alpha value is -4.53. The number of methoxy groups -OCH3 is 3. The summed E-state index contributed by atoms with van der Waals surface area (Å²) in [4.78, 5) is 68.9. The lowest BCUT2D eigenvalue weighted by Crippen LogP contribution is -2.54. The van der Waals surface area contributed by atoms with E-state index < -0.39 is 36.2 Å². The second-order valence-electron chi connectivity index (χ2n) is 16.8. The number of carbonyl (C=O) groups excluding carboxylic acids is 5. The van der Waals surface area contributed by atoms with E-state index in [-0.39, 0.29) is 49.1 Å². The van der Waals surface area contributed by atoms with Gasteiger partial charge in [0.2, 0.25) is 24.1 Å². The van der Waals surface area contributed by atoms with Crippen LogP contribution in [0.2, 0.25) is 0 Å². The highest BCUT2D eigenvalue weighted by atomic mass is 16.5. The summed E-state index contributed by atoms with van der Waals surface area (Å²) in [5.74, 6) is -1.36. The molecule has 0 bridgehead atoms. The molecule has 2 aromatic rings. The van der Waals surface area contributed by atoms with Gasteiger partial charge in [0.15, 0.2) is 0 Å². The summed E-state index contributed by atoms with van der Waals surface area (Å²) >= 11 is 0. The largest absolute Gasteiger partial charge is 0.467 e. The van der Waals surface area contributed by atoms with Crippen molar-refractivity contribution >= 4 is 35.8 Å². The lowest BCUT2D eigenvalue weighted by atomic mass is 9.90. The zero-order chi connectivity index (χ0) is 48.9. The van der Waals surface area contributed by atoms with Crippen molar-refractivity contribution < 1.29 is 38.2 Å². The number of ether oxygens (including phenoxy) is 3. The Labute approximate surface area is 386 Å². The minimum absolute atomic E-state index is 0.0152. The van der Waals surface area contributed by atoms with Crippen LogP contribution >= 0.6 is 0 Å². The summed E-state index contributed by atoms with van der Waals surface area (Å²) in [6, 6.07) is 16.4.